The van der Waals surface area contributed by atoms with Crippen LogP contribution >= 0.6 is 0 Å². The second-order valence-electron chi connectivity index (χ2n) is 6.31. The molecule has 0 aliphatic carbocycles. The largest absolute Gasteiger partial charge is 0.493 e. The predicted molar refractivity (Wildman–Crippen MR) is 93.3 cm³/mol. The lowest BCUT2D eigenvalue weighted by atomic mass is 9.90. The highest BCUT2D eigenvalue weighted by Gasteiger charge is 2.33. The number of carbonyl (C=O) groups excluding carboxylic acids is 2. The maximum absolute atomic E-state index is 12.3. The van der Waals surface area contributed by atoms with Gasteiger partial charge in [0.1, 0.15) is 6.54 Å². The first-order valence-corrected chi connectivity index (χ1v) is 8.57. The number of rotatable bonds is 7. The van der Waals surface area contributed by atoms with Crippen molar-refractivity contribution in [3.05, 3.63) is 23.3 Å². The average molecular weight is 404 g/mol. The molecule has 1 heterocycles. The van der Waals surface area contributed by atoms with E-state index in [1.54, 1.807) is 17.0 Å². The summed E-state index contributed by atoms with van der Waals surface area (Å²) in [4.78, 5) is 25.5. The molecule has 1 N–H and O–H groups in total. The Labute approximate surface area is 160 Å². The lowest BCUT2D eigenvalue weighted by molar-refractivity contribution is -0.143. The molecule has 10 heteroatoms. The zero-order valence-corrected chi connectivity index (χ0v) is 15.9. The SMILES string of the molecule is COC(=O)C[C@H]1c2cc(OC)c(OC)cc2CCN1CC(=O)NCC(F)(F)F. The maximum Gasteiger partial charge on any atom is 0.405 e. The van der Waals surface area contributed by atoms with Crippen LogP contribution in [0.4, 0.5) is 13.2 Å². The molecule has 0 bridgehead atoms. The fraction of sp³-hybridized carbons (Fsp3) is 0.556. The third-order valence-corrected chi connectivity index (χ3v) is 4.53. The number of esters is 1. The highest BCUT2D eigenvalue weighted by Crippen LogP contribution is 2.39. The first-order chi connectivity index (χ1) is 13.2. The van der Waals surface area contributed by atoms with E-state index in [0.717, 1.165) is 11.1 Å². The van der Waals surface area contributed by atoms with Gasteiger partial charge in [0.25, 0.3) is 0 Å². The van der Waals surface area contributed by atoms with Crippen molar-refractivity contribution in [2.45, 2.75) is 25.1 Å². The highest BCUT2D eigenvalue weighted by atomic mass is 19.4. The molecule has 0 aromatic heterocycles. The topological polar surface area (TPSA) is 77.1 Å². The van der Waals surface area contributed by atoms with Crippen molar-refractivity contribution in [3.63, 3.8) is 0 Å². The molecule has 156 valence electrons. The average Bonchev–Trinajstić information content (AvgIpc) is 2.66. The van der Waals surface area contributed by atoms with E-state index in [0.29, 0.717) is 24.5 Å². The summed E-state index contributed by atoms with van der Waals surface area (Å²) >= 11 is 0. The minimum absolute atomic E-state index is 0.0501. The molecule has 0 radical (unpaired) electrons. The summed E-state index contributed by atoms with van der Waals surface area (Å²) in [5.41, 5.74) is 1.66. The molecule has 28 heavy (non-hydrogen) atoms. The Bertz CT molecular complexity index is 724. The summed E-state index contributed by atoms with van der Waals surface area (Å²) < 4.78 is 52.3. The van der Waals surface area contributed by atoms with Crippen LogP contribution < -0.4 is 14.8 Å². The summed E-state index contributed by atoms with van der Waals surface area (Å²) in [6, 6.07) is 2.99. The van der Waals surface area contributed by atoms with E-state index in [1.807, 2.05) is 5.32 Å². The van der Waals surface area contributed by atoms with E-state index in [-0.39, 0.29) is 13.0 Å². The molecule has 0 unspecified atom stereocenters. The van der Waals surface area contributed by atoms with Gasteiger partial charge in [-0.05, 0) is 29.7 Å². The van der Waals surface area contributed by atoms with E-state index >= 15 is 0 Å². The molecule has 1 aromatic rings. The van der Waals surface area contributed by atoms with Gasteiger partial charge in [0.15, 0.2) is 11.5 Å². The van der Waals surface area contributed by atoms with Crippen LogP contribution in [-0.2, 0) is 20.7 Å². The zero-order valence-electron chi connectivity index (χ0n) is 15.9. The Hall–Kier alpha value is -2.49. The molecule has 1 atom stereocenters. The van der Waals surface area contributed by atoms with E-state index < -0.39 is 30.6 Å². The van der Waals surface area contributed by atoms with Gasteiger partial charge in [0, 0.05) is 12.6 Å². The van der Waals surface area contributed by atoms with Crippen LogP contribution in [0.2, 0.25) is 0 Å². The molecule has 0 fully saturated rings. The van der Waals surface area contributed by atoms with E-state index in [2.05, 4.69) is 0 Å². The lowest BCUT2D eigenvalue weighted by Crippen LogP contribution is -2.45. The van der Waals surface area contributed by atoms with Gasteiger partial charge >= 0.3 is 12.1 Å². The Morgan fingerprint density at radius 1 is 1.18 bits per heavy atom. The number of nitrogens with one attached hydrogen (secondary N) is 1. The fourth-order valence-electron chi connectivity index (χ4n) is 3.19. The Morgan fingerprint density at radius 3 is 2.39 bits per heavy atom. The van der Waals surface area contributed by atoms with Gasteiger partial charge < -0.3 is 19.5 Å². The number of fused-ring (bicyclic) bond motifs is 1. The number of carbonyl (C=O) groups is 2. The summed E-state index contributed by atoms with van der Waals surface area (Å²) in [7, 11) is 4.24. The van der Waals surface area contributed by atoms with Crippen molar-refractivity contribution in [3.8, 4) is 11.5 Å². The van der Waals surface area contributed by atoms with Crippen LogP contribution in [0.5, 0.6) is 11.5 Å². The summed E-state index contributed by atoms with van der Waals surface area (Å²) in [5, 5.41) is 1.86. The monoisotopic (exact) mass is 404 g/mol. The second kappa shape index (κ2) is 9.13. The summed E-state index contributed by atoms with van der Waals surface area (Å²) in [5.74, 6) is -0.265. The van der Waals surface area contributed by atoms with Gasteiger partial charge in [-0.3, -0.25) is 14.5 Å². The number of nitrogens with zero attached hydrogens (tertiary/aromatic N) is 1. The Balaban J connectivity index is 2.27. The minimum atomic E-state index is -4.49. The Morgan fingerprint density at radius 2 is 1.82 bits per heavy atom. The number of methoxy groups -OCH3 is 3. The molecule has 1 aliphatic heterocycles. The van der Waals surface area contributed by atoms with Crippen molar-refractivity contribution in [1.29, 1.82) is 0 Å². The number of amides is 1. The molecular weight excluding hydrogens is 381 g/mol. The Kier molecular flexibility index (Phi) is 7.11. The van der Waals surface area contributed by atoms with Gasteiger partial charge in [-0.2, -0.15) is 13.2 Å². The van der Waals surface area contributed by atoms with Crippen LogP contribution in [-0.4, -0.2) is 63.9 Å². The third-order valence-electron chi connectivity index (χ3n) is 4.53. The first kappa shape index (κ1) is 21.8. The lowest BCUT2D eigenvalue weighted by Gasteiger charge is -2.36. The second-order valence-corrected chi connectivity index (χ2v) is 6.31. The molecule has 1 aromatic carbocycles. The molecule has 1 amide bonds. The number of hydrogen-bond donors (Lipinski definition) is 1. The number of alkyl halides is 3. The fourth-order valence-corrected chi connectivity index (χ4v) is 3.19. The van der Waals surface area contributed by atoms with Gasteiger partial charge in [-0.15, -0.1) is 0 Å². The molecule has 0 saturated heterocycles. The van der Waals surface area contributed by atoms with Crippen LogP contribution in [0, 0.1) is 0 Å². The number of ether oxygens (including phenoxy) is 3. The zero-order chi connectivity index (χ0) is 20.9. The van der Waals surface area contributed by atoms with Gasteiger partial charge in [-0.1, -0.05) is 0 Å². The normalized spacial score (nSPS) is 16.9. The van der Waals surface area contributed by atoms with Crippen molar-refractivity contribution in [2.24, 2.45) is 0 Å². The minimum Gasteiger partial charge on any atom is -0.493 e. The predicted octanol–water partition coefficient (Wildman–Crippen LogP) is 1.84. The van der Waals surface area contributed by atoms with Gasteiger partial charge in [-0.25, -0.2) is 0 Å². The van der Waals surface area contributed by atoms with Crippen molar-refractivity contribution < 1.29 is 37.0 Å². The molecule has 2 rings (SSSR count). The van der Waals surface area contributed by atoms with Crippen LogP contribution in [0.15, 0.2) is 12.1 Å². The molecule has 1 aliphatic rings. The standard InChI is InChI=1S/C18H23F3N2O5/c1-26-14-6-11-4-5-23(9-16(24)22-10-18(19,20)21)13(8-17(25)28-3)12(11)7-15(14)27-2/h6-7,13H,4-5,8-10H2,1-3H3,(H,22,24)/t13-/m0/s1. The van der Waals surface area contributed by atoms with Gasteiger partial charge in [0.2, 0.25) is 5.91 Å². The molecule has 7 nitrogen and oxygen atoms in total. The van der Waals surface area contributed by atoms with E-state index in [1.165, 1.54) is 21.3 Å². The quantitative estimate of drug-likeness (QED) is 0.699. The highest BCUT2D eigenvalue weighted by molar-refractivity contribution is 5.78. The summed E-state index contributed by atoms with van der Waals surface area (Å²) in [6.07, 6.45) is -4.00. The molecule has 0 saturated carbocycles. The smallest absolute Gasteiger partial charge is 0.405 e. The van der Waals surface area contributed by atoms with Crippen LogP contribution in [0.3, 0.4) is 0 Å². The van der Waals surface area contributed by atoms with Crippen LogP contribution in [0.25, 0.3) is 0 Å². The summed E-state index contributed by atoms with van der Waals surface area (Å²) in [6.45, 7) is -1.28. The molecule has 0 spiro atoms. The van der Waals surface area contributed by atoms with Gasteiger partial charge in [0.05, 0.1) is 34.3 Å². The maximum atomic E-state index is 12.3. The van der Waals surface area contributed by atoms with E-state index in [9.17, 15) is 22.8 Å². The van der Waals surface area contributed by atoms with Crippen molar-refractivity contribution in [1.82, 2.24) is 10.2 Å². The number of halogens is 3. The number of benzene rings is 1. The van der Waals surface area contributed by atoms with E-state index in [4.69, 9.17) is 14.2 Å². The van der Waals surface area contributed by atoms with Crippen molar-refractivity contribution in [2.75, 3.05) is 41.0 Å². The van der Waals surface area contributed by atoms with Crippen LogP contribution in [0.1, 0.15) is 23.6 Å². The first-order valence-electron chi connectivity index (χ1n) is 8.57. The molecular formula is C18H23F3N2O5. The van der Waals surface area contributed by atoms with Crippen molar-refractivity contribution >= 4 is 11.9 Å². The third kappa shape index (κ3) is 5.51. The number of hydrogen-bond acceptors (Lipinski definition) is 6.